The molecule has 3 aromatic carbocycles. The zero-order chi connectivity index (χ0) is 27.0. The van der Waals surface area contributed by atoms with Crippen molar-refractivity contribution in [2.24, 2.45) is 0 Å². The first-order valence-electron chi connectivity index (χ1n) is 13.5. The first-order valence-corrected chi connectivity index (χ1v) is 14.9. The Hall–Kier alpha value is -3.53. The minimum absolute atomic E-state index is 0.0563. The van der Waals surface area contributed by atoms with E-state index in [0.29, 0.717) is 31.9 Å². The summed E-state index contributed by atoms with van der Waals surface area (Å²) in [5, 5.41) is 1.04. The van der Waals surface area contributed by atoms with Gasteiger partial charge in [-0.05, 0) is 67.8 Å². The molecule has 2 aliphatic rings. The van der Waals surface area contributed by atoms with Crippen molar-refractivity contribution in [1.29, 1.82) is 0 Å². The Morgan fingerprint density at radius 3 is 2.33 bits per heavy atom. The van der Waals surface area contributed by atoms with Gasteiger partial charge in [-0.2, -0.15) is 4.31 Å². The molecule has 0 N–H and O–H groups in total. The molecular formula is C30H33N5O3S. The first-order chi connectivity index (χ1) is 19.0. The van der Waals surface area contributed by atoms with Crippen molar-refractivity contribution < 1.29 is 13.2 Å². The van der Waals surface area contributed by atoms with Crippen LogP contribution in [-0.4, -0.2) is 67.4 Å². The van der Waals surface area contributed by atoms with Crippen LogP contribution in [-0.2, 0) is 16.4 Å². The van der Waals surface area contributed by atoms with Gasteiger partial charge < -0.3 is 9.64 Å². The van der Waals surface area contributed by atoms with Crippen LogP contribution in [0.3, 0.4) is 0 Å². The van der Waals surface area contributed by atoms with Crippen LogP contribution in [0.1, 0.15) is 30.8 Å². The second-order valence-corrected chi connectivity index (χ2v) is 12.0. The highest BCUT2D eigenvalue weighted by Crippen LogP contribution is 2.37. The smallest absolute Gasteiger partial charge is 0.243 e. The molecule has 1 saturated heterocycles. The zero-order valence-corrected chi connectivity index (χ0v) is 23.1. The Morgan fingerprint density at radius 2 is 1.56 bits per heavy atom. The molecule has 9 heteroatoms. The fourth-order valence-electron chi connectivity index (χ4n) is 5.61. The number of nitrogens with zero attached hydrogens (tertiary/aromatic N) is 5. The van der Waals surface area contributed by atoms with Crippen LogP contribution < -0.4 is 9.64 Å². The van der Waals surface area contributed by atoms with E-state index in [-0.39, 0.29) is 10.9 Å². The first kappa shape index (κ1) is 25.7. The number of fused-ring (bicyclic) bond motifs is 2. The quantitative estimate of drug-likeness (QED) is 0.346. The molecule has 1 aromatic heterocycles. The average molecular weight is 544 g/mol. The van der Waals surface area contributed by atoms with Crippen LogP contribution in [0.2, 0.25) is 0 Å². The molecule has 39 heavy (non-hydrogen) atoms. The van der Waals surface area contributed by atoms with Gasteiger partial charge in [0.25, 0.3) is 0 Å². The topological polar surface area (TPSA) is 78.9 Å². The third-order valence-electron chi connectivity index (χ3n) is 7.86. The lowest BCUT2D eigenvalue weighted by molar-refractivity contribution is 0.141. The predicted octanol–water partition coefficient (Wildman–Crippen LogP) is 4.79. The number of ether oxygens (including phenoxy) is 1. The van der Waals surface area contributed by atoms with Crippen molar-refractivity contribution in [2.75, 3.05) is 44.7 Å². The van der Waals surface area contributed by atoms with Gasteiger partial charge in [0.15, 0.2) is 0 Å². The van der Waals surface area contributed by atoms with Crippen LogP contribution in [0.15, 0.2) is 77.7 Å². The zero-order valence-electron chi connectivity index (χ0n) is 22.3. The molecule has 3 heterocycles. The van der Waals surface area contributed by atoms with Gasteiger partial charge in [0.1, 0.15) is 17.4 Å². The number of aryl methyl sites for hydroxylation is 1. The maximum atomic E-state index is 13.2. The monoisotopic (exact) mass is 543 g/mol. The number of hydrogen-bond acceptors (Lipinski definition) is 7. The van der Waals surface area contributed by atoms with E-state index in [1.54, 1.807) is 35.7 Å². The summed E-state index contributed by atoms with van der Waals surface area (Å²) in [5.41, 5.74) is 3.48. The van der Waals surface area contributed by atoms with E-state index in [2.05, 4.69) is 47.1 Å². The second-order valence-electron chi connectivity index (χ2n) is 10.1. The molecule has 2 aliphatic heterocycles. The number of hydrogen-bond donors (Lipinski definition) is 0. The molecule has 0 aliphatic carbocycles. The van der Waals surface area contributed by atoms with Gasteiger partial charge in [-0.25, -0.2) is 18.4 Å². The van der Waals surface area contributed by atoms with Crippen LogP contribution >= 0.6 is 0 Å². The summed E-state index contributed by atoms with van der Waals surface area (Å²) in [4.78, 5) is 15.0. The highest BCUT2D eigenvalue weighted by Gasteiger charge is 2.32. The lowest BCUT2D eigenvalue weighted by Crippen LogP contribution is -2.49. The molecule has 1 atom stereocenters. The van der Waals surface area contributed by atoms with Crippen molar-refractivity contribution in [3.05, 3.63) is 84.2 Å². The lowest BCUT2D eigenvalue weighted by atomic mass is 10.0. The molecule has 4 aromatic rings. The number of anilines is 2. The SMILES string of the molecule is COc1ccc(S(=O)(=O)N2CCN(C(C)c3nc(N4CCCc5ccccc54)c4ccccc4n3)CC2)cc1. The Kier molecular flexibility index (Phi) is 6.97. The molecule has 8 nitrogen and oxygen atoms in total. The van der Waals surface area contributed by atoms with E-state index in [0.717, 1.165) is 41.9 Å². The van der Waals surface area contributed by atoms with Crippen LogP contribution in [0, 0.1) is 0 Å². The molecule has 0 bridgehead atoms. The number of piperazine rings is 1. The summed E-state index contributed by atoms with van der Waals surface area (Å²) in [7, 11) is -2.00. The van der Waals surface area contributed by atoms with Crippen LogP contribution in [0.4, 0.5) is 11.5 Å². The van der Waals surface area contributed by atoms with Crippen molar-refractivity contribution in [1.82, 2.24) is 19.2 Å². The Morgan fingerprint density at radius 1 is 0.846 bits per heavy atom. The number of aromatic nitrogens is 2. The third-order valence-corrected chi connectivity index (χ3v) is 9.77. The third kappa shape index (κ3) is 4.86. The van der Waals surface area contributed by atoms with Crippen molar-refractivity contribution >= 4 is 32.4 Å². The molecule has 202 valence electrons. The van der Waals surface area contributed by atoms with E-state index in [4.69, 9.17) is 14.7 Å². The van der Waals surface area contributed by atoms with Crippen molar-refractivity contribution in [3.8, 4) is 5.75 Å². The highest BCUT2D eigenvalue weighted by atomic mass is 32.2. The van der Waals surface area contributed by atoms with Gasteiger partial charge in [0.2, 0.25) is 10.0 Å². The van der Waals surface area contributed by atoms with E-state index in [1.807, 2.05) is 18.2 Å². The minimum Gasteiger partial charge on any atom is -0.497 e. The minimum atomic E-state index is -3.57. The molecule has 0 amide bonds. The summed E-state index contributed by atoms with van der Waals surface area (Å²) in [6, 6.07) is 23.3. The molecule has 0 radical (unpaired) electrons. The van der Waals surface area contributed by atoms with Gasteiger partial charge in [-0.15, -0.1) is 0 Å². The van der Waals surface area contributed by atoms with Gasteiger partial charge in [0.05, 0.1) is 23.6 Å². The second kappa shape index (κ2) is 10.6. The largest absolute Gasteiger partial charge is 0.497 e. The molecule has 6 rings (SSSR count). The lowest BCUT2D eigenvalue weighted by Gasteiger charge is -2.37. The summed E-state index contributed by atoms with van der Waals surface area (Å²) in [6.07, 6.45) is 2.15. The fraction of sp³-hybridized carbons (Fsp3) is 0.333. The number of para-hydroxylation sites is 2. The number of benzene rings is 3. The van der Waals surface area contributed by atoms with E-state index in [9.17, 15) is 8.42 Å². The molecule has 1 fully saturated rings. The van der Waals surface area contributed by atoms with Gasteiger partial charge in [-0.1, -0.05) is 30.3 Å². The standard InChI is InChI=1S/C30H33N5O3S/c1-22(33-18-20-34(21-19-33)39(36,37)25-15-13-24(38-2)14-16-25)29-31-27-11-5-4-10-26(27)30(32-29)35-17-7-9-23-8-3-6-12-28(23)35/h3-6,8,10-16,22H,7,9,17-21H2,1-2H3. The van der Waals surface area contributed by atoms with Crippen molar-refractivity contribution in [2.45, 2.75) is 30.7 Å². The summed E-state index contributed by atoms with van der Waals surface area (Å²) < 4.78 is 33.2. The summed E-state index contributed by atoms with van der Waals surface area (Å²) >= 11 is 0. The maximum absolute atomic E-state index is 13.2. The normalized spacial score (nSPS) is 17.6. The number of methoxy groups -OCH3 is 1. The predicted molar refractivity (Wildman–Crippen MR) is 153 cm³/mol. The molecule has 1 unspecified atom stereocenters. The van der Waals surface area contributed by atoms with Crippen molar-refractivity contribution in [3.63, 3.8) is 0 Å². The Labute approximate surface area is 229 Å². The molecular weight excluding hydrogens is 510 g/mol. The van der Waals surface area contributed by atoms with Gasteiger partial charge in [-0.3, -0.25) is 4.90 Å². The Bertz CT molecular complexity index is 1580. The average Bonchev–Trinajstić information content (AvgIpc) is 3.00. The van der Waals surface area contributed by atoms with E-state index < -0.39 is 10.0 Å². The Balaban J connectivity index is 1.25. The fourth-order valence-corrected chi connectivity index (χ4v) is 7.04. The number of sulfonamides is 1. The van der Waals surface area contributed by atoms with Crippen LogP contribution in [0.25, 0.3) is 10.9 Å². The maximum Gasteiger partial charge on any atom is 0.243 e. The van der Waals surface area contributed by atoms with Crippen LogP contribution in [0.5, 0.6) is 5.75 Å². The number of rotatable bonds is 6. The highest BCUT2D eigenvalue weighted by molar-refractivity contribution is 7.89. The molecule has 0 saturated carbocycles. The molecule has 0 spiro atoms. The summed E-state index contributed by atoms with van der Waals surface area (Å²) in [6.45, 7) is 5.07. The summed E-state index contributed by atoms with van der Waals surface area (Å²) in [5.74, 6) is 2.34. The van der Waals surface area contributed by atoms with Gasteiger partial charge >= 0.3 is 0 Å². The van der Waals surface area contributed by atoms with E-state index >= 15 is 0 Å². The van der Waals surface area contributed by atoms with Gasteiger partial charge in [0, 0.05) is 43.8 Å². The van der Waals surface area contributed by atoms with E-state index in [1.165, 1.54) is 11.3 Å².